The van der Waals surface area contributed by atoms with Gasteiger partial charge in [-0.3, -0.25) is 58.1 Å². The molecule has 8 heterocycles. The van der Waals surface area contributed by atoms with Crippen LogP contribution in [0.15, 0.2) is 147 Å². The predicted octanol–water partition coefficient (Wildman–Crippen LogP) is 22.4. The molecule has 4 aromatic carbocycles. The van der Waals surface area contributed by atoms with Gasteiger partial charge in [-0.15, -0.1) is 0 Å². The topological polar surface area (TPSA) is 225 Å². The van der Waals surface area contributed by atoms with Crippen molar-refractivity contribution in [1.29, 1.82) is 0 Å². The second-order valence-corrected chi connectivity index (χ2v) is 34.9. The van der Waals surface area contributed by atoms with Gasteiger partial charge < -0.3 is 29.2 Å². The molecule has 1 N–H and O–H groups in total. The average molecular weight is 1830 g/mol. The Morgan fingerprint density at radius 3 is 1.92 bits per heavy atom. The van der Waals surface area contributed by atoms with Crippen LogP contribution in [0.25, 0.3) is 0 Å². The van der Waals surface area contributed by atoms with E-state index in [9.17, 15) is 77.9 Å². The normalized spacial score (nSPS) is 15.8. The van der Waals surface area contributed by atoms with Crippen LogP contribution in [0.3, 0.4) is 0 Å². The molecule has 126 heavy (non-hydrogen) atoms. The quantitative estimate of drug-likeness (QED) is 0.0106. The molecule has 7 aromatic rings. The van der Waals surface area contributed by atoms with Gasteiger partial charge in [0.15, 0.2) is 23.1 Å². The average Bonchev–Trinajstić information content (AvgIpc) is 1.51. The van der Waals surface area contributed by atoms with Gasteiger partial charge in [0.05, 0.1) is 57.4 Å². The molecule has 1 aliphatic carbocycles. The summed E-state index contributed by atoms with van der Waals surface area (Å²) in [5, 5.41) is 3.45. The Bertz CT molecular complexity index is 4990. The number of nitrogens with zero attached hydrogens (tertiary/aromatic N) is 8. The molecule has 0 spiro atoms. The Morgan fingerprint density at radius 2 is 1.24 bits per heavy atom. The molecule has 4 fully saturated rings. The third kappa shape index (κ3) is 29.3. The number of aliphatic imine (C=N–C) groups is 1. The number of unbranched alkanes of at least 4 members (excludes halogenated alkanes) is 7. The van der Waals surface area contributed by atoms with Crippen LogP contribution in [0.5, 0.6) is 5.75 Å². The first-order chi connectivity index (χ1) is 60.1. The number of hydrogen-bond donors (Lipinski definition) is 1. The Kier molecular flexibility index (Phi) is 36.9. The number of carbonyl (C=O) groups is 8. The number of fused-ring (bicyclic) bond motifs is 2. The molecule has 5 amide bonds. The van der Waals surface area contributed by atoms with Gasteiger partial charge in [-0.05, 0) is 176 Å². The van der Waals surface area contributed by atoms with Gasteiger partial charge in [-0.1, -0.05) is 163 Å². The number of amides is 5. The van der Waals surface area contributed by atoms with E-state index in [0.717, 1.165) is 127 Å². The number of imide groups is 1. The van der Waals surface area contributed by atoms with Crippen LogP contribution in [0.2, 0.25) is 15.1 Å². The minimum atomic E-state index is -4.61. The van der Waals surface area contributed by atoms with Crippen LogP contribution in [0.1, 0.15) is 255 Å². The highest BCUT2D eigenvalue weighted by atomic mass is 35.5. The Balaban J connectivity index is 0.000000176. The smallest absolute Gasteiger partial charge is 0.419 e. The highest BCUT2D eigenvalue weighted by molar-refractivity contribution is 8.18. The van der Waals surface area contributed by atoms with Crippen molar-refractivity contribution in [3.63, 3.8) is 0 Å². The predicted molar refractivity (Wildman–Crippen MR) is 468 cm³/mol. The lowest BCUT2D eigenvalue weighted by Gasteiger charge is -2.34. The van der Waals surface area contributed by atoms with Gasteiger partial charge in [0.2, 0.25) is 0 Å². The summed E-state index contributed by atoms with van der Waals surface area (Å²) >= 11 is 19.0. The third-order valence-electron chi connectivity index (χ3n) is 22.5. The van der Waals surface area contributed by atoms with Crippen molar-refractivity contribution < 1.29 is 87.0 Å². The first-order valence-electron chi connectivity index (χ1n) is 43.2. The molecule has 0 radical (unpaired) electrons. The Labute approximate surface area is 748 Å². The number of ketones is 3. The van der Waals surface area contributed by atoms with Crippen LogP contribution >= 0.6 is 46.6 Å². The largest absolute Gasteiger partial charge is 0.490 e. The van der Waals surface area contributed by atoms with Crippen molar-refractivity contribution in [3.8, 4) is 5.75 Å². The number of likely N-dealkylation sites (tertiary alicyclic amines) is 2. The molecule has 19 nitrogen and oxygen atoms in total. The van der Waals surface area contributed by atoms with Crippen LogP contribution in [-0.2, 0) is 65.4 Å². The van der Waals surface area contributed by atoms with Crippen molar-refractivity contribution in [3.05, 3.63) is 226 Å². The van der Waals surface area contributed by atoms with E-state index in [-0.39, 0.29) is 90.6 Å². The van der Waals surface area contributed by atoms with Crippen LogP contribution in [0, 0.1) is 11.8 Å². The lowest BCUT2D eigenvalue weighted by molar-refractivity contribution is -0.140. The number of piperidine rings is 2. The molecule has 6 aliphatic rings. The van der Waals surface area contributed by atoms with Gasteiger partial charge >= 0.3 is 18.5 Å². The number of furan rings is 1. The highest BCUT2D eigenvalue weighted by Crippen LogP contribution is 2.41. The van der Waals surface area contributed by atoms with E-state index >= 15 is 0 Å². The third-order valence-corrected chi connectivity index (χ3v) is 24.3. The zero-order chi connectivity index (χ0) is 90.8. The van der Waals surface area contributed by atoms with Crippen LogP contribution < -0.4 is 10.1 Å². The number of alkyl halides is 9. The number of nitrogens with one attached hydrogen (secondary N) is 1. The molecule has 3 aromatic heterocycles. The number of ether oxygens (including phenoxy) is 1. The van der Waals surface area contributed by atoms with Crippen molar-refractivity contribution in [2.45, 2.75) is 220 Å². The van der Waals surface area contributed by atoms with Gasteiger partial charge in [0.25, 0.3) is 28.9 Å². The number of aromatic nitrogens is 2. The minimum Gasteiger partial charge on any atom is -0.490 e. The molecule has 678 valence electrons. The van der Waals surface area contributed by atoms with Crippen molar-refractivity contribution in [2.24, 2.45) is 16.8 Å². The molecular weight excluding hydrogens is 1720 g/mol. The fourth-order valence-electron chi connectivity index (χ4n) is 15.3. The summed E-state index contributed by atoms with van der Waals surface area (Å²) < 4.78 is 131. The zero-order valence-corrected chi connectivity index (χ0v) is 74.3. The summed E-state index contributed by atoms with van der Waals surface area (Å²) in [4.78, 5) is 122. The zero-order valence-electron chi connectivity index (χ0n) is 71.2. The van der Waals surface area contributed by atoms with Crippen LogP contribution in [-0.4, -0.2) is 152 Å². The molecular formula is C94H107Cl3F9N9O10S. The number of carbonyl (C=O) groups excluding carboxylic acids is 8. The maximum atomic E-state index is 13.3. The van der Waals surface area contributed by atoms with Crippen molar-refractivity contribution >= 4 is 98.6 Å². The lowest BCUT2D eigenvalue weighted by Crippen LogP contribution is -2.42. The van der Waals surface area contributed by atoms with E-state index < -0.39 is 52.3 Å². The molecule has 5 aliphatic heterocycles. The summed E-state index contributed by atoms with van der Waals surface area (Å²) in [5.41, 5.74) is 2.44. The number of pyridine rings is 2. The van der Waals surface area contributed by atoms with E-state index in [1.165, 1.54) is 73.0 Å². The summed E-state index contributed by atoms with van der Waals surface area (Å²) in [6, 6.07) is 29.4. The first-order valence-corrected chi connectivity index (χ1v) is 45.1. The number of para-hydroxylation sites is 1. The van der Waals surface area contributed by atoms with Gasteiger partial charge in [0, 0.05) is 119 Å². The fourth-order valence-corrected chi connectivity index (χ4v) is 16.8. The first kappa shape index (κ1) is 98.8. The number of hydrogen-bond acceptors (Lipinski definition) is 15. The van der Waals surface area contributed by atoms with Gasteiger partial charge in [-0.2, -0.15) is 39.5 Å². The SMILES string of the molecule is CC(C)CCNC(=O)c1cc2c(o1)CN(C(=O)c1ccccc1C(F)(F)F)CC2.CCCCCCC(=O)CN1C(=O)SC(=C2CCN(C(=O)c3cc(Cl)ccc3Cl)CC2)C1=O.CCCCCCCC(=O)c1ccc2c(n1)CCN(Cc1cc(Cl)ccc1C(F)(F)F)C2.O=C(CCCC1CC1)CN=C(c1ccccn1)N1CCC(Oc2ccccc2C(F)(F)F)CC1. The van der Waals surface area contributed by atoms with Crippen molar-refractivity contribution in [1.82, 2.24) is 39.8 Å². The van der Waals surface area contributed by atoms with E-state index in [1.54, 1.807) is 47.5 Å². The number of benzene rings is 4. The maximum absolute atomic E-state index is 13.3. The molecule has 13 rings (SSSR count). The maximum Gasteiger partial charge on any atom is 0.419 e. The molecule has 3 saturated heterocycles. The summed E-state index contributed by atoms with van der Waals surface area (Å²) in [6.45, 7) is 12.3. The number of Topliss-reactive ketones (excluding diaryl/α,β-unsaturated/α-hetero) is 3. The number of halogens is 12. The minimum absolute atomic E-state index is 0.0274. The summed E-state index contributed by atoms with van der Waals surface area (Å²) in [7, 11) is 0. The second-order valence-electron chi connectivity index (χ2n) is 32.7. The van der Waals surface area contributed by atoms with Crippen molar-refractivity contribution in [2.75, 3.05) is 58.9 Å². The Hall–Kier alpha value is -9.42. The summed E-state index contributed by atoms with van der Waals surface area (Å²) in [5.74, 6) is 0.836. The summed E-state index contributed by atoms with van der Waals surface area (Å²) in [6.07, 6.45) is 7.25. The highest BCUT2D eigenvalue weighted by Gasteiger charge is 2.42. The molecule has 0 atom stereocenters. The lowest BCUT2D eigenvalue weighted by atomic mass is 10.0. The molecule has 0 bridgehead atoms. The molecule has 0 unspecified atom stereocenters. The Morgan fingerprint density at radius 1 is 0.603 bits per heavy atom. The number of thioether (sulfide) groups is 1. The van der Waals surface area contributed by atoms with E-state index in [4.69, 9.17) is 44.0 Å². The second kappa shape index (κ2) is 47.1. The van der Waals surface area contributed by atoms with Gasteiger partial charge in [0.1, 0.15) is 34.8 Å². The monoisotopic (exact) mass is 1830 g/mol. The molecule has 1 saturated carbocycles. The molecule has 32 heteroatoms. The fraction of sp³-hybridized carbons (Fsp3) is 0.479. The van der Waals surface area contributed by atoms with E-state index in [0.29, 0.717) is 158 Å². The van der Waals surface area contributed by atoms with E-state index in [2.05, 4.69) is 52.9 Å². The van der Waals surface area contributed by atoms with Crippen LogP contribution in [0.4, 0.5) is 44.3 Å². The standard InChI is InChI=1S/C26H30F3N3O2.C24H28ClF3N2O.C23H26Cl2N2O4S.C21H23F3N2O3/c27-26(28,29)22-8-1-2-10-24(22)34-21-13-16-32(17-14-21)25(23-9-3-4-15-30-23)31-18-20(33)7-5-6-19-11-12-19;1-2-3-4-5-6-7-23(31)22-11-8-17-15-30(13-12-21(17)29-22)16-18-14-19(25)9-10-20(18)24(26,27)28;1-2-3-4-5-6-17(28)14-27-22(30)20(32-23(27)31)15-9-11-26(12-10-15)21(29)18-13-16(24)7-8-19(18)25;1-13(2)7-9-25-19(27)17-11-14-8-10-26(12-18(14)29-17)20(28)15-5-3-4-6-16(15)21(22,23)24/h1-4,8-10,15,19,21H,5-7,11-14,16-18H2;8-11,14H,2-7,12-13,15-16H2,1H3;7-8,13H,2-6,9-12,14H2,1H3;3-6,11,13H,7-10,12H2,1-2H3,(H,25,27). The number of amidine groups is 1. The number of rotatable bonds is 31. The van der Waals surface area contributed by atoms with Gasteiger partial charge in [-0.25, -0.2) is 4.98 Å². The van der Waals surface area contributed by atoms with E-state index in [1.807, 2.05) is 29.2 Å².